The molecule has 0 aliphatic carbocycles. The normalized spacial score (nSPS) is 8.00. The number of hydrogen-bond donors (Lipinski definition) is 2. The Kier molecular flexibility index (Phi) is 8.88. The number of hydrogen-bond acceptors (Lipinski definition) is 2. The van der Waals surface area contributed by atoms with Crippen LogP contribution in [0.1, 0.15) is 0 Å². The van der Waals surface area contributed by atoms with Gasteiger partial charge >= 0.3 is 0 Å². The third kappa shape index (κ3) is 4.73. The van der Waals surface area contributed by atoms with Crippen molar-refractivity contribution in [2.45, 2.75) is 0 Å². The molecule has 2 aromatic carbocycles. The molecule has 2 rings (SSSR count). The van der Waals surface area contributed by atoms with E-state index in [1.165, 1.54) is 25.2 Å². The van der Waals surface area contributed by atoms with E-state index in [2.05, 4.69) is 60.0 Å². The molecular formula is C14H20N2. The van der Waals surface area contributed by atoms with Crippen LogP contribution in [0.5, 0.6) is 0 Å². The fourth-order valence-corrected chi connectivity index (χ4v) is 1.26. The molecule has 0 bridgehead atoms. The molecule has 0 aromatic heterocycles. The second-order valence-electron chi connectivity index (χ2n) is 2.73. The van der Waals surface area contributed by atoms with Crippen LogP contribution in [0.15, 0.2) is 60.7 Å². The molecule has 0 saturated heterocycles. The summed E-state index contributed by atoms with van der Waals surface area (Å²) >= 11 is 0. The SMILES string of the molecule is CN.CN.c1ccc(-c2ccccc2)cc1. The summed E-state index contributed by atoms with van der Waals surface area (Å²) in [7, 11) is 3.00. The van der Waals surface area contributed by atoms with Crippen LogP contribution >= 0.6 is 0 Å². The smallest absolute Gasteiger partial charge is 0.0184 e. The molecule has 16 heavy (non-hydrogen) atoms. The molecule has 0 atom stereocenters. The maximum atomic E-state index is 4.50. The summed E-state index contributed by atoms with van der Waals surface area (Å²) < 4.78 is 0. The van der Waals surface area contributed by atoms with Crippen molar-refractivity contribution >= 4 is 0 Å². The van der Waals surface area contributed by atoms with Gasteiger partial charge in [0, 0.05) is 0 Å². The zero-order valence-corrected chi connectivity index (χ0v) is 9.93. The van der Waals surface area contributed by atoms with Crippen LogP contribution in [-0.4, -0.2) is 14.1 Å². The molecule has 4 N–H and O–H groups in total. The third-order valence-electron chi connectivity index (χ3n) is 1.88. The highest BCUT2D eigenvalue weighted by molar-refractivity contribution is 5.62. The van der Waals surface area contributed by atoms with E-state index in [1.807, 2.05) is 12.1 Å². The summed E-state index contributed by atoms with van der Waals surface area (Å²) in [5.74, 6) is 0. The first-order valence-electron chi connectivity index (χ1n) is 5.23. The second-order valence-corrected chi connectivity index (χ2v) is 2.73. The van der Waals surface area contributed by atoms with Gasteiger partial charge in [0.05, 0.1) is 0 Å². The van der Waals surface area contributed by atoms with E-state index in [4.69, 9.17) is 0 Å². The Morgan fingerprint density at radius 2 is 0.750 bits per heavy atom. The molecule has 0 heterocycles. The zero-order valence-electron chi connectivity index (χ0n) is 9.93. The first-order chi connectivity index (χ1) is 7.97. The van der Waals surface area contributed by atoms with Gasteiger partial charge in [-0.15, -0.1) is 0 Å². The first kappa shape index (κ1) is 14.4. The fourth-order valence-electron chi connectivity index (χ4n) is 1.26. The standard InChI is InChI=1S/C12H10.2CH5N/c1-3-7-11(8-4-1)12-9-5-2-6-10-12;2*1-2/h1-10H;2*2H2,1H3. The van der Waals surface area contributed by atoms with Crippen molar-refractivity contribution in [2.75, 3.05) is 14.1 Å². The highest BCUT2D eigenvalue weighted by atomic mass is 14.4. The van der Waals surface area contributed by atoms with Gasteiger partial charge in [0.15, 0.2) is 0 Å². The fraction of sp³-hybridized carbons (Fsp3) is 0.143. The molecule has 0 unspecified atom stereocenters. The van der Waals surface area contributed by atoms with E-state index in [9.17, 15) is 0 Å². The van der Waals surface area contributed by atoms with Crippen LogP contribution in [0.2, 0.25) is 0 Å². The summed E-state index contributed by atoms with van der Waals surface area (Å²) in [5, 5.41) is 0. The minimum absolute atomic E-state index is 1.28. The zero-order chi connectivity index (χ0) is 12.2. The van der Waals surface area contributed by atoms with Crippen LogP contribution in [0.4, 0.5) is 0 Å². The molecule has 0 amide bonds. The Bertz CT molecular complexity index is 306. The van der Waals surface area contributed by atoms with Gasteiger partial charge in [-0.1, -0.05) is 60.7 Å². The maximum Gasteiger partial charge on any atom is -0.0184 e. The molecule has 2 nitrogen and oxygen atoms in total. The Balaban J connectivity index is 0.000000509. The van der Waals surface area contributed by atoms with E-state index in [1.54, 1.807) is 0 Å². The van der Waals surface area contributed by atoms with Crippen LogP contribution in [0.3, 0.4) is 0 Å². The molecule has 2 aromatic rings. The van der Waals surface area contributed by atoms with Gasteiger partial charge in [-0.2, -0.15) is 0 Å². The number of rotatable bonds is 1. The van der Waals surface area contributed by atoms with Crippen LogP contribution in [0, 0.1) is 0 Å². The average molecular weight is 216 g/mol. The van der Waals surface area contributed by atoms with Gasteiger partial charge in [0.2, 0.25) is 0 Å². The molecular weight excluding hydrogens is 196 g/mol. The van der Waals surface area contributed by atoms with Crippen molar-refractivity contribution in [1.82, 2.24) is 0 Å². The Morgan fingerprint density at radius 1 is 0.500 bits per heavy atom. The van der Waals surface area contributed by atoms with Crippen molar-refractivity contribution in [3.05, 3.63) is 60.7 Å². The molecule has 0 fully saturated rings. The number of benzene rings is 2. The highest BCUT2D eigenvalue weighted by Gasteiger charge is 1.91. The van der Waals surface area contributed by atoms with Crippen molar-refractivity contribution in [3.63, 3.8) is 0 Å². The molecule has 0 aliphatic rings. The van der Waals surface area contributed by atoms with E-state index >= 15 is 0 Å². The van der Waals surface area contributed by atoms with Gasteiger partial charge in [-0.05, 0) is 25.2 Å². The minimum atomic E-state index is 1.28. The van der Waals surface area contributed by atoms with Gasteiger partial charge in [0.1, 0.15) is 0 Å². The van der Waals surface area contributed by atoms with Crippen LogP contribution in [-0.2, 0) is 0 Å². The number of nitrogens with two attached hydrogens (primary N) is 2. The lowest BCUT2D eigenvalue weighted by Crippen LogP contribution is -1.73. The van der Waals surface area contributed by atoms with Gasteiger partial charge < -0.3 is 11.5 Å². The Labute approximate surface area is 97.9 Å². The highest BCUT2D eigenvalue weighted by Crippen LogP contribution is 2.17. The second kappa shape index (κ2) is 9.90. The lowest BCUT2D eigenvalue weighted by atomic mass is 10.1. The van der Waals surface area contributed by atoms with Gasteiger partial charge in [-0.25, -0.2) is 0 Å². The lowest BCUT2D eigenvalue weighted by molar-refractivity contribution is 1.48. The topological polar surface area (TPSA) is 52.0 Å². The molecule has 2 heteroatoms. The Hall–Kier alpha value is -1.64. The van der Waals surface area contributed by atoms with Crippen molar-refractivity contribution < 1.29 is 0 Å². The summed E-state index contributed by atoms with van der Waals surface area (Å²) in [6.07, 6.45) is 0. The molecule has 0 saturated carbocycles. The van der Waals surface area contributed by atoms with Crippen LogP contribution < -0.4 is 11.5 Å². The van der Waals surface area contributed by atoms with E-state index < -0.39 is 0 Å². The van der Waals surface area contributed by atoms with Gasteiger partial charge in [-0.3, -0.25) is 0 Å². The van der Waals surface area contributed by atoms with Crippen molar-refractivity contribution in [1.29, 1.82) is 0 Å². The van der Waals surface area contributed by atoms with E-state index in [0.29, 0.717) is 0 Å². The maximum absolute atomic E-state index is 4.50. The largest absolute Gasteiger partial charge is 0.333 e. The monoisotopic (exact) mass is 216 g/mol. The minimum Gasteiger partial charge on any atom is -0.333 e. The lowest BCUT2D eigenvalue weighted by Gasteiger charge is -1.98. The molecule has 0 aliphatic heterocycles. The summed E-state index contributed by atoms with van der Waals surface area (Å²) in [5.41, 5.74) is 11.6. The summed E-state index contributed by atoms with van der Waals surface area (Å²) in [6, 6.07) is 20.8. The van der Waals surface area contributed by atoms with Crippen molar-refractivity contribution in [2.24, 2.45) is 11.5 Å². The van der Waals surface area contributed by atoms with Crippen molar-refractivity contribution in [3.8, 4) is 11.1 Å². The average Bonchev–Trinajstić information content (AvgIpc) is 2.45. The third-order valence-corrected chi connectivity index (χ3v) is 1.88. The predicted molar refractivity (Wildman–Crippen MR) is 72.1 cm³/mol. The molecule has 0 spiro atoms. The van der Waals surface area contributed by atoms with Gasteiger partial charge in [0.25, 0.3) is 0 Å². The summed E-state index contributed by atoms with van der Waals surface area (Å²) in [6.45, 7) is 0. The molecule has 86 valence electrons. The first-order valence-corrected chi connectivity index (χ1v) is 5.23. The Morgan fingerprint density at radius 3 is 1.00 bits per heavy atom. The quantitative estimate of drug-likeness (QED) is 0.769. The summed E-state index contributed by atoms with van der Waals surface area (Å²) in [4.78, 5) is 0. The van der Waals surface area contributed by atoms with E-state index in [0.717, 1.165) is 0 Å². The predicted octanol–water partition coefficient (Wildman–Crippen LogP) is 2.50. The van der Waals surface area contributed by atoms with E-state index in [-0.39, 0.29) is 0 Å². The molecule has 0 radical (unpaired) electrons. The van der Waals surface area contributed by atoms with Crippen LogP contribution in [0.25, 0.3) is 11.1 Å².